The van der Waals surface area contributed by atoms with Crippen LogP contribution in [-0.2, 0) is 16.0 Å². The van der Waals surface area contributed by atoms with Crippen LogP contribution in [0.25, 0.3) is 0 Å². The molecule has 0 spiro atoms. The third-order valence-electron chi connectivity index (χ3n) is 4.57. The Morgan fingerprint density at radius 3 is 2.69 bits per heavy atom. The van der Waals surface area contributed by atoms with Crippen LogP contribution in [0.3, 0.4) is 0 Å². The minimum atomic E-state index is -1.27. The zero-order chi connectivity index (χ0) is 18.1. The molecule has 0 bridgehead atoms. The fourth-order valence-electron chi connectivity index (χ4n) is 3.16. The lowest BCUT2D eigenvalue weighted by atomic mass is 9.89. The van der Waals surface area contributed by atoms with Gasteiger partial charge in [-0.05, 0) is 30.7 Å². The Labute approximate surface area is 151 Å². The maximum absolute atomic E-state index is 12.8. The highest BCUT2D eigenvalue weighted by molar-refractivity contribution is 6.02. The Morgan fingerprint density at radius 2 is 1.85 bits per heavy atom. The van der Waals surface area contributed by atoms with Crippen LogP contribution >= 0.6 is 0 Å². The molecule has 26 heavy (non-hydrogen) atoms. The van der Waals surface area contributed by atoms with E-state index in [4.69, 9.17) is 14.2 Å². The van der Waals surface area contributed by atoms with E-state index in [1.807, 2.05) is 12.1 Å². The molecule has 6 heteroatoms. The molecule has 0 radical (unpaired) electrons. The average molecular weight is 353 g/mol. The number of hydrogen-bond acceptors (Lipinski definition) is 5. The molecule has 4 rings (SSSR count). The quantitative estimate of drug-likeness (QED) is 0.841. The zero-order valence-corrected chi connectivity index (χ0v) is 14.4. The lowest BCUT2D eigenvalue weighted by molar-refractivity contribution is -0.134. The van der Waals surface area contributed by atoms with Gasteiger partial charge in [-0.15, -0.1) is 0 Å². The van der Waals surface area contributed by atoms with Crippen molar-refractivity contribution in [3.8, 4) is 11.5 Å². The largest absolute Gasteiger partial charge is 0.490 e. The highest BCUT2D eigenvalue weighted by Crippen LogP contribution is 2.34. The Bertz CT molecular complexity index is 878. The van der Waals surface area contributed by atoms with Crippen LogP contribution in [0.1, 0.15) is 29.3 Å². The van der Waals surface area contributed by atoms with Crippen molar-refractivity contribution in [1.29, 1.82) is 0 Å². The number of benzene rings is 2. The minimum absolute atomic E-state index is 0.325. The lowest BCUT2D eigenvalue weighted by Crippen LogP contribution is -2.48. The second-order valence-corrected chi connectivity index (χ2v) is 6.62. The predicted molar refractivity (Wildman–Crippen MR) is 94.6 cm³/mol. The van der Waals surface area contributed by atoms with Crippen LogP contribution in [0.4, 0.5) is 5.69 Å². The van der Waals surface area contributed by atoms with E-state index in [2.05, 4.69) is 5.32 Å². The molecule has 0 aromatic heterocycles. The molecule has 2 heterocycles. The predicted octanol–water partition coefficient (Wildman–Crippen LogP) is 2.96. The van der Waals surface area contributed by atoms with Crippen LogP contribution in [0.5, 0.6) is 11.5 Å². The highest BCUT2D eigenvalue weighted by atomic mass is 16.6. The van der Waals surface area contributed by atoms with E-state index in [9.17, 15) is 9.59 Å². The molecule has 2 aliphatic rings. The number of hydrogen-bond donors (Lipinski definition) is 1. The van der Waals surface area contributed by atoms with Gasteiger partial charge in [-0.3, -0.25) is 4.79 Å². The summed E-state index contributed by atoms with van der Waals surface area (Å²) < 4.78 is 16.7. The third kappa shape index (κ3) is 2.98. The van der Waals surface area contributed by atoms with Gasteiger partial charge in [0.1, 0.15) is 0 Å². The maximum Gasteiger partial charge on any atom is 0.339 e. The molecule has 2 aromatic carbocycles. The van der Waals surface area contributed by atoms with Crippen LogP contribution in [-0.4, -0.2) is 30.7 Å². The van der Waals surface area contributed by atoms with Crippen molar-refractivity contribution in [3.05, 3.63) is 53.6 Å². The summed E-state index contributed by atoms with van der Waals surface area (Å²) in [6.45, 7) is 2.79. The monoisotopic (exact) mass is 353 g/mol. The number of amides is 1. The van der Waals surface area contributed by atoms with Crippen molar-refractivity contribution < 1.29 is 23.8 Å². The van der Waals surface area contributed by atoms with E-state index in [0.717, 1.165) is 12.0 Å². The van der Waals surface area contributed by atoms with E-state index in [1.165, 1.54) is 0 Å². The second kappa shape index (κ2) is 6.37. The van der Waals surface area contributed by atoms with Gasteiger partial charge in [0.15, 0.2) is 17.1 Å². The number of fused-ring (bicyclic) bond motifs is 2. The van der Waals surface area contributed by atoms with Crippen LogP contribution in [0.2, 0.25) is 0 Å². The topological polar surface area (TPSA) is 73.9 Å². The third-order valence-corrected chi connectivity index (χ3v) is 4.57. The van der Waals surface area contributed by atoms with Gasteiger partial charge in [0, 0.05) is 24.6 Å². The number of esters is 1. The van der Waals surface area contributed by atoms with Gasteiger partial charge in [-0.25, -0.2) is 4.79 Å². The van der Waals surface area contributed by atoms with Gasteiger partial charge < -0.3 is 19.5 Å². The number of carbonyl (C=O) groups is 2. The number of nitrogens with one attached hydrogen (secondary N) is 1. The zero-order valence-electron chi connectivity index (χ0n) is 14.4. The molecule has 0 saturated carbocycles. The van der Waals surface area contributed by atoms with Gasteiger partial charge in [0.2, 0.25) is 0 Å². The van der Waals surface area contributed by atoms with Gasteiger partial charge in [-0.1, -0.05) is 18.2 Å². The van der Waals surface area contributed by atoms with E-state index in [-0.39, 0.29) is 5.91 Å². The Morgan fingerprint density at radius 1 is 1.08 bits per heavy atom. The summed E-state index contributed by atoms with van der Waals surface area (Å²) >= 11 is 0. The molecular formula is C20H19NO5. The Hall–Kier alpha value is -3.02. The van der Waals surface area contributed by atoms with E-state index < -0.39 is 11.6 Å². The summed E-state index contributed by atoms with van der Waals surface area (Å²) in [7, 11) is 0. The molecule has 1 atom stereocenters. The standard InChI is InChI=1S/C20H19NO5/c1-20(12-13-5-2-3-6-15(13)18(22)26-20)19(23)21-14-7-8-16-17(11-14)25-10-4-9-24-16/h2-3,5-8,11H,4,9-10,12H2,1H3,(H,21,23). The van der Waals surface area contributed by atoms with Crippen molar-refractivity contribution in [2.75, 3.05) is 18.5 Å². The van der Waals surface area contributed by atoms with Gasteiger partial charge in [-0.2, -0.15) is 0 Å². The number of anilines is 1. The van der Waals surface area contributed by atoms with Gasteiger partial charge in [0.25, 0.3) is 5.91 Å². The average Bonchev–Trinajstić information content (AvgIpc) is 2.86. The van der Waals surface area contributed by atoms with Crippen molar-refractivity contribution in [2.45, 2.75) is 25.4 Å². The fourth-order valence-corrected chi connectivity index (χ4v) is 3.16. The molecule has 2 aliphatic heterocycles. The minimum Gasteiger partial charge on any atom is -0.490 e. The first-order valence-corrected chi connectivity index (χ1v) is 8.57. The van der Waals surface area contributed by atoms with Crippen molar-refractivity contribution in [1.82, 2.24) is 0 Å². The van der Waals surface area contributed by atoms with E-state index >= 15 is 0 Å². The summed E-state index contributed by atoms with van der Waals surface area (Å²) in [5.41, 5.74) is 0.610. The second-order valence-electron chi connectivity index (χ2n) is 6.62. The summed E-state index contributed by atoms with van der Waals surface area (Å²) in [5, 5.41) is 2.82. The van der Waals surface area contributed by atoms with Crippen molar-refractivity contribution in [3.63, 3.8) is 0 Å². The van der Waals surface area contributed by atoms with Crippen LogP contribution in [0, 0.1) is 0 Å². The summed E-state index contributed by atoms with van der Waals surface area (Å²) in [6, 6.07) is 12.4. The molecule has 0 fully saturated rings. The lowest BCUT2D eigenvalue weighted by Gasteiger charge is -2.33. The molecule has 6 nitrogen and oxygen atoms in total. The highest BCUT2D eigenvalue weighted by Gasteiger charge is 2.42. The number of rotatable bonds is 2. The molecule has 1 amide bonds. The SMILES string of the molecule is CC1(C(=O)Nc2ccc3c(c2)OCCCO3)Cc2ccccc2C(=O)O1. The maximum atomic E-state index is 12.8. The van der Waals surface area contributed by atoms with Crippen molar-refractivity contribution >= 4 is 17.6 Å². The molecule has 1 N–H and O–H groups in total. The normalized spacial score (nSPS) is 21.2. The number of cyclic esters (lactones) is 1. The smallest absolute Gasteiger partial charge is 0.339 e. The van der Waals surface area contributed by atoms with E-state index in [1.54, 1.807) is 37.3 Å². The molecule has 134 valence electrons. The first kappa shape index (κ1) is 16.4. The van der Waals surface area contributed by atoms with Crippen LogP contribution < -0.4 is 14.8 Å². The first-order valence-electron chi connectivity index (χ1n) is 8.57. The molecule has 2 aromatic rings. The summed E-state index contributed by atoms with van der Waals surface area (Å²) in [6.07, 6.45) is 1.13. The molecule has 0 saturated heterocycles. The Balaban J connectivity index is 1.55. The van der Waals surface area contributed by atoms with Crippen LogP contribution in [0.15, 0.2) is 42.5 Å². The first-order chi connectivity index (χ1) is 12.5. The van der Waals surface area contributed by atoms with E-state index in [0.29, 0.717) is 42.4 Å². The molecule has 0 aliphatic carbocycles. The number of ether oxygens (including phenoxy) is 3. The number of carbonyl (C=O) groups excluding carboxylic acids is 2. The van der Waals surface area contributed by atoms with Gasteiger partial charge >= 0.3 is 5.97 Å². The fraction of sp³-hybridized carbons (Fsp3) is 0.300. The molecular weight excluding hydrogens is 334 g/mol. The molecule has 1 unspecified atom stereocenters. The Kier molecular flexibility index (Phi) is 4.03. The summed E-state index contributed by atoms with van der Waals surface area (Å²) in [5.74, 6) is 0.388. The van der Waals surface area contributed by atoms with Gasteiger partial charge in [0.05, 0.1) is 18.8 Å². The van der Waals surface area contributed by atoms with Crippen molar-refractivity contribution in [2.24, 2.45) is 0 Å². The summed E-state index contributed by atoms with van der Waals surface area (Å²) in [4.78, 5) is 25.1.